The molecule has 2 aliphatic rings. The number of anilines is 1. The van der Waals surface area contributed by atoms with Gasteiger partial charge in [-0.25, -0.2) is 0 Å². The highest BCUT2D eigenvalue weighted by molar-refractivity contribution is 7.90. The van der Waals surface area contributed by atoms with Crippen LogP contribution in [0.2, 0.25) is 5.02 Å². The van der Waals surface area contributed by atoms with E-state index in [9.17, 15) is 8.42 Å². The fourth-order valence-electron chi connectivity index (χ4n) is 3.30. The van der Waals surface area contributed by atoms with E-state index in [2.05, 4.69) is 11.6 Å². The lowest BCUT2D eigenvalue weighted by molar-refractivity contribution is -0.0389. The molecule has 0 spiro atoms. The van der Waals surface area contributed by atoms with E-state index in [1.54, 1.807) is 12.3 Å². The number of ether oxygens (including phenoxy) is 1. The molecule has 0 aliphatic carbocycles. The summed E-state index contributed by atoms with van der Waals surface area (Å²) in [7, 11) is -3.62. The van der Waals surface area contributed by atoms with Crippen LogP contribution in [0.5, 0.6) is 0 Å². The first kappa shape index (κ1) is 16.0. The van der Waals surface area contributed by atoms with Crippen LogP contribution in [0.4, 0.5) is 5.69 Å². The number of nitrogens with zero attached hydrogens (tertiary/aromatic N) is 2. The summed E-state index contributed by atoms with van der Waals surface area (Å²) in [6, 6.07) is 3.72. The minimum Gasteiger partial charge on any atom is -0.381 e. The normalized spacial score (nSPS) is 20.8. The van der Waals surface area contributed by atoms with Gasteiger partial charge in [-0.1, -0.05) is 17.7 Å². The van der Waals surface area contributed by atoms with Crippen LogP contribution in [-0.4, -0.2) is 44.0 Å². The Morgan fingerprint density at radius 1 is 1.46 bits per heavy atom. The van der Waals surface area contributed by atoms with Gasteiger partial charge in [0, 0.05) is 30.6 Å². The summed E-state index contributed by atoms with van der Waals surface area (Å²) in [6.07, 6.45) is 3.37. The first-order valence-electron chi connectivity index (χ1n) is 7.77. The lowest BCUT2D eigenvalue weighted by Crippen LogP contribution is -2.51. The SMILES string of the molecule is C=CCN1c2c(cc(Cl)c3cc[nH]c23)CN(CC2COC2)S1(=O)=O. The van der Waals surface area contributed by atoms with Gasteiger partial charge >= 0.3 is 10.2 Å². The van der Waals surface area contributed by atoms with Gasteiger partial charge in [0.1, 0.15) is 0 Å². The smallest absolute Gasteiger partial charge is 0.304 e. The monoisotopic (exact) mass is 367 g/mol. The highest BCUT2D eigenvalue weighted by atomic mass is 35.5. The van der Waals surface area contributed by atoms with Crippen molar-refractivity contribution in [3.8, 4) is 0 Å². The van der Waals surface area contributed by atoms with E-state index >= 15 is 0 Å². The summed E-state index contributed by atoms with van der Waals surface area (Å²) >= 11 is 6.38. The zero-order valence-corrected chi connectivity index (χ0v) is 14.6. The number of aromatic nitrogens is 1. The number of benzene rings is 1. The number of nitrogens with one attached hydrogen (secondary N) is 1. The van der Waals surface area contributed by atoms with E-state index in [4.69, 9.17) is 16.3 Å². The third kappa shape index (κ3) is 2.35. The van der Waals surface area contributed by atoms with Gasteiger partial charge in [-0.15, -0.1) is 6.58 Å². The van der Waals surface area contributed by atoms with E-state index in [1.165, 1.54) is 8.61 Å². The maximum absolute atomic E-state index is 13.1. The lowest BCUT2D eigenvalue weighted by Gasteiger charge is -2.40. The highest BCUT2D eigenvalue weighted by Crippen LogP contribution is 2.41. The van der Waals surface area contributed by atoms with Crippen LogP contribution < -0.4 is 4.31 Å². The van der Waals surface area contributed by atoms with E-state index in [-0.39, 0.29) is 12.5 Å². The van der Waals surface area contributed by atoms with Crippen molar-refractivity contribution in [2.24, 2.45) is 5.92 Å². The van der Waals surface area contributed by atoms with Crippen molar-refractivity contribution in [3.63, 3.8) is 0 Å². The average molecular weight is 368 g/mol. The van der Waals surface area contributed by atoms with E-state index in [0.717, 1.165) is 16.5 Å². The van der Waals surface area contributed by atoms with Crippen molar-refractivity contribution < 1.29 is 13.2 Å². The van der Waals surface area contributed by atoms with Crippen molar-refractivity contribution in [2.75, 3.05) is 30.6 Å². The van der Waals surface area contributed by atoms with Crippen LogP contribution in [0.3, 0.4) is 0 Å². The number of H-pyrrole nitrogens is 1. The van der Waals surface area contributed by atoms with Crippen molar-refractivity contribution in [2.45, 2.75) is 6.54 Å². The molecule has 8 heteroatoms. The molecule has 0 radical (unpaired) electrons. The highest BCUT2D eigenvalue weighted by Gasteiger charge is 2.39. The predicted octanol–water partition coefficient (Wildman–Crippen LogP) is 2.52. The number of fused-ring (bicyclic) bond motifs is 3. The van der Waals surface area contributed by atoms with Gasteiger partial charge in [-0.3, -0.25) is 4.31 Å². The summed E-state index contributed by atoms with van der Waals surface area (Å²) in [5, 5.41) is 1.44. The maximum Gasteiger partial charge on any atom is 0.304 e. The Bertz CT molecular complexity index is 905. The topological polar surface area (TPSA) is 65.6 Å². The summed E-state index contributed by atoms with van der Waals surface area (Å²) in [5.41, 5.74) is 2.31. The molecule has 4 rings (SSSR count). The molecule has 1 fully saturated rings. The van der Waals surface area contributed by atoms with Crippen molar-refractivity contribution in [1.82, 2.24) is 9.29 Å². The maximum atomic E-state index is 13.1. The summed E-state index contributed by atoms with van der Waals surface area (Å²) < 4.78 is 34.3. The van der Waals surface area contributed by atoms with E-state index < -0.39 is 10.2 Å². The largest absolute Gasteiger partial charge is 0.381 e. The third-order valence-electron chi connectivity index (χ3n) is 4.51. The Morgan fingerprint density at radius 3 is 2.92 bits per heavy atom. The number of rotatable bonds is 4. The van der Waals surface area contributed by atoms with E-state index in [1.807, 2.05) is 12.1 Å². The summed E-state index contributed by atoms with van der Waals surface area (Å²) in [5.74, 6) is 0.247. The minimum atomic E-state index is -3.62. The Labute approximate surface area is 145 Å². The quantitative estimate of drug-likeness (QED) is 0.844. The second-order valence-corrected chi connectivity index (χ2v) is 8.42. The molecule has 1 N–H and O–H groups in total. The van der Waals surface area contributed by atoms with Crippen LogP contribution in [-0.2, 0) is 21.5 Å². The Morgan fingerprint density at radius 2 is 2.25 bits per heavy atom. The van der Waals surface area contributed by atoms with Gasteiger partial charge < -0.3 is 9.72 Å². The van der Waals surface area contributed by atoms with Crippen LogP contribution in [0.25, 0.3) is 10.9 Å². The summed E-state index contributed by atoms with van der Waals surface area (Å²) in [4.78, 5) is 3.13. The van der Waals surface area contributed by atoms with Gasteiger partial charge in [0.05, 0.1) is 36.0 Å². The van der Waals surface area contributed by atoms with E-state index in [0.29, 0.717) is 37.0 Å². The van der Waals surface area contributed by atoms with Gasteiger partial charge in [-0.2, -0.15) is 12.7 Å². The third-order valence-corrected chi connectivity index (χ3v) is 6.64. The standard InChI is InChI=1S/C16H18ClN3O3S/c1-2-5-20-16-12(6-14(17)13-3-4-18-15(13)16)8-19(24(20,21)22)7-11-9-23-10-11/h2-4,6,11,18H,1,5,7-10H2. The molecular weight excluding hydrogens is 350 g/mol. The van der Waals surface area contributed by atoms with Crippen molar-refractivity contribution in [3.05, 3.63) is 41.6 Å². The van der Waals surface area contributed by atoms with Gasteiger partial charge in [0.2, 0.25) is 0 Å². The number of hydrogen-bond donors (Lipinski definition) is 1. The molecule has 1 aromatic carbocycles. The first-order valence-corrected chi connectivity index (χ1v) is 9.54. The fraction of sp³-hybridized carbons (Fsp3) is 0.375. The number of aromatic amines is 1. The van der Waals surface area contributed by atoms with Gasteiger partial charge in [0.25, 0.3) is 0 Å². The second-order valence-electron chi connectivity index (χ2n) is 6.16. The van der Waals surface area contributed by atoms with Crippen LogP contribution >= 0.6 is 11.6 Å². The molecule has 128 valence electrons. The molecule has 1 saturated heterocycles. The number of hydrogen-bond acceptors (Lipinski definition) is 3. The fourth-order valence-corrected chi connectivity index (χ4v) is 5.30. The average Bonchev–Trinajstić information content (AvgIpc) is 2.97. The van der Waals surface area contributed by atoms with Crippen LogP contribution in [0, 0.1) is 5.92 Å². The molecule has 6 nitrogen and oxygen atoms in total. The molecule has 2 aliphatic heterocycles. The molecule has 3 heterocycles. The molecule has 1 aromatic heterocycles. The molecular formula is C16H18ClN3O3S. The van der Waals surface area contributed by atoms with Gasteiger partial charge in [0.15, 0.2) is 0 Å². The molecule has 0 bridgehead atoms. The molecule has 0 atom stereocenters. The summed E-state index contributed by atoms with van der Waals surface area (Å²) in [6.45, 7) is 5.91. The molecule has 0 saturated carbocycles. The van der Waals surface area contributed by atoms with Crippen molar-refractivity contribution >= 4 is 38.4 Å². The molecule has 0 amide bonds. The predicted molar refractivity (Wildman–Crippen MR) is 94.5 cm³/mol. The zero-order valence-electron chi connectivity index (χ0n) is 13.0. The van der Waals surface area contributed by atoms with Crippen LogP contribution in [0.15, 0.2) is 31.0 Å². The number of halogens is 1. The van der Waals surface area contributed by atoms with Crippen LogP contribution in [0.1, 0.15) is 5.56 Å². The lowest BCUT2D eigenvalue weighted by atomic mass is 10.1. The Hall–Kier alpha value is -1.54. The molecule has 2 aromatic rings. The zero-order chi connectivity index (χ0) is 16.9. The van der Waals surface area contributed by atoms with Crippen molar-refractivity contribution in [1.29, 1.82) is 0 Å². The minimum absolute atomic E-state index is 0.211. The van der Waals surface area contributed by atoms with Gasteiger partial charge in [-0.05, 0) is 17.7 Å². The molecule has 0 unspecified atom stereocenters. The Balaban J connectivity index is 1.87. The second kappa shape index (κ2) is 5.77. The first-order chi connectivity index (χ1) is 11.5. The molecule has 24 heavy (non-hydrogen) atoms. The Kier molecular flexibility index (Phi) is 3.84.